The molecule has 2 aromatic rings. The van der Waals surface area contributed by atoms with E-state index in [0.29, 0.717) is 16.3 Å². The van der Waals surface area contributed by atoms with Crippen LogP contribution < -0.4 is 16.2 Å². The van der Waals surface area contributed by atoms with Gasteiger partial charge in [-0.1, -0.05) is 11.6 Å². The highest BCUT2D eigenvalue weighted by Crippen LogP contribution is 2.26. The first-order chi connectivity index (χ1) is 11.8. The van der Waals surface area contributed by atoms with Gasteiger partial charge in [0, 0.05) is 11.1 Å². The molecule has 0 aliphatic carbocycles. The first-order valence-electron chi connectivity index (χ1n) is 6.71. The molecular formula is C14H17ClN2O7S2. The summed E-state index contributed by atoms with van der Waals surface area (Å²) in [6.07, 6.45) is 0. The number of halogens is 1. The second kappa shape index (κ2) is 8.10. The van der Waals surface area contributed by atoms with Gasteiger partial charge in [-0.3, -0.25) is 9.11 Å². The van der Waals surface area contributed by atoms with Crippen molar-refractivity contribution < 1.29 is 30.7 Å². The number of aryl methyl sites for hydroxylation is 1. The molecule has 144 valence electrons. The lowest BCUT2D eigenvalue weighted by Gasteiger charge is -2.04. The highest BCUT2D eigenvalue weighted by molar-refractivity contribution is 7.86. The summed E-state index contributed by atoms with van der Waals surface area (Å²) in [5, 5.41) is 0.366. The Balaban J connectivity index is 0.000000260. The van der Waals surface area contributed by atoms with Crippen LogP contribution in [0, 0.1) is 6.92 Å². The van der Waals surface area contributed by atoms with E-state index in [0.717, 1.165) is 6.07 Å². The van der Waals surface area contributed by atoms with E-state index in [-0.39, 0.29) is 21.2 Å². The molecule has 2 rings (SSSR count). The number of hydrogen-bond donors (Lipinski definition) is 4. The average Bonchev–Trinajstić information content (AvgIpc) is 2.50. The predicted molar refractivity (Wildman–Crippen MR) is 97.6 cm³/mol. The molecule has 0 saturated carbocycles. The third-order valence-electron chi connectivity index (χ3n) is 3.07. The minimum absolute atomic E-state index is 0.0108. The van der Waals surface area contributed by atoms with Crippen LogP contribution >= 0.6 is 11.6 Å². The normalized spacial score (nSPS) is 11.4. The van der Waals surface area contributed by atoms with Crippen LogP contribution in [0.4, 0.5) is 11.4 Å². The molecule has 6 N–H and O–H groups in total. The summed E-state index contributed by atoms with van der Waals surface area (Å²) in [5.74, 6) is 0.321. The second-order valence-electron chi connectivity index (χ2n) is 4.99. The first kappa shape index (κ1) is 22.0. The van der Waals surface area contributed by atoms with E-state index in [1.807, 2.05) is 0 Å². The summed E-state index contributed by atoms with van der Waals surface area (Å²) in [6, 6.07) is 6.53. The predicted octanol–water partition coefficient (Wildman–Crippen LogP) is 2.00. The zero-order valence-corrected chi connectivity index (χ0v) is 16.1. The lowest BCUT2D eigenvalue weighted by Crippen LogP contribution is -2.03. The number of nitrogen functional groups attached to an aromatic ring is 2. The van der Waals surface area contributed by atoms with E-state index in [1.165, 1.54) is 31.4 Å². The quantitative estimate of drug-likeness (QED) is 0.424. The van der Waals surface area contributed by atoms with Crippen LogP contribution in [-0.4, -0.2) is 33.1 Å². The van der Waals surface area contributed by atoms with Crippen molar-refractivity contribution in [3.05, 3.63) is 40.9 Å². The Kier molecular flexibility index (Phi) is 6.85. The minimum Gasteiger partial charge on any atom is -0.497 e. The zero-order chi connectivity index (χ0) is 20.3. The number of methoxy groups -OCH3 is 1. The number of benzene rings is 2. The van der Waals surface area contributed by atoms with Crippen molar-refractivity contribution in [3.8, 4) is 5.75 Å². The van der Waals surface area contributed by atoms with E-state index < -0.39 is 20.2 Å². The van der Waals surface area contributed by atoms with Crippen LogP contribution in [0.1, 0.15) is 5.56 Å². The van der Waals surface area contributed by atoms with Gasteiger partial charge in [-0.15, -0.1) is 0 Å². The first-order valence-corrected chi connectivity index (χ1v) is 9.97. The van der Waals surface area contributed by atoms with Crippen molar-refractivity contribution in [1.29, 1.82) is 0 Å². The van der Waals surface area contributed by atoms with Crippen molar-refractivity contribution in [2.24, 2.45) is 0 Å². The van der Waals surface area contributed by atoms with Gasteiger partial charge in [0.15, 0.2) is 0 Å². The SMILES string of the molecule is COc1ccc(N)c(S(=O)(=O)O)c1.Cc1cc(S(=O)(=O)O)c(N)cc1Cl. The Morgan fingerprint density at radius 1 is 0.923 bits per heavy atom. The van der Waals surface area contributed by atoms with E-state index in [1.54, 1.807) is 6.92 Å². The van der Waals surface area contributed by atoms with Crippen LogP contribution in [0.25, 0.3) is 0 Å². The van der Waals surface area contributed by atoms with Crippen LogP contribution in [-0.2, 0) is 20.2 Å². The fourth-order valence-electron chi connectivity index (χ4n) is 1.76. The third kappa shape index (κ3) is 5.75. The smallest absolute Gasteiger partial charge is 0.296 e. The lowest BCUT2D eigenvalue weighted by molar-refractivity contribution is 0.412. The summed E-state index contributed by atoms with van der Waals surface area (Å²) in [5.41, 5.74) is 11.2. The molecule has 0 spiro atoms. The Bertz CT molecular complexity index is 1020. The summed E-state index contributed by atoms with van der Waals surface area (Å²) in [4.78, 5) is -0.652. The van der Waals surface area contributed by atoms with E-state index in [2.05, 4.69) is 0 Å². The third-order valence-corrected chi connectivity index (χ3v) is 5.29. The van der Waals surface area contributed by atoms with E-state index in [9.17, 15) is 16.8 Å². The lowest BCUT2D eigenvalue weighted by atomic mass is 10.2. The van der Waals surface area contributed by atoms with Gasteiger partial charge in [-0.2, -0.15) is 16.8 Å². The van der Waals surface area contributed by atoms with E-state index in [4.69, 9.17) is 36.9 Å². The number of rotatable bonds is 3. The van der Waals surface area contributed by atoms with Crippen molar-refractivity contribution >= 4 is 43.2 Å². The molecule has 0 aliphatic rings. The molecule has 0 fully saturated rings. The topological polar surface area (TPSA) is 170 Å². The maximum atomic E-state index is 10.7. The fourth-order valence-corrected chi connectivity index (χ4v) is 3.24. The molecule has 0 aromatic heterocycles. The molecule has 0 saturated heterocycles. The number of nitrogens with two attached hydrogens (primary N) is 2. The highest BCUT2D eigenvalue weighted by Gasteiger charge is 2.15. The molecule has 2 aromatic carbocycles. The average molecular weight is 425 g/mol. The number of anilines is 2. The highest BCUT2D eigenvalue weighted by atomic mass is 35.5. The monoisotopic (exact) mass is 424 g/mol. The maximum absolute atomic E-state index is 10.7. The van der Waals surface area contributed by atoms with Crippen LogP contribution in [0.2, 0.25) is 5.02 Å². The van der Waals surface area contributed by atoms with Gasteiger partial charge in [0.25, 0.3) is 20.2 Å². The fraction of sp³-hybridized carbons (Fsp3) is 0.143. The molecule has 9 nitrogen and oxygen atoms in total. The molecule has 0 radical (unpaired) electrons. The Labute approximate surface area is 156 Å². The van der Waals surface area contributed by atoms with Crippen LogP contribution in [0.15, 0.2) is 40.1 Å². The number of ether oxygens (including phenoxy) is 1. The molecule has 0 heterocycles. The summed E-state index contributed by atoms with van der Waals surface area (Å²) >= 11 is 5.68. The van der Waals surface area contributed by atoms with Gasteiger partial charge in [-0.05, 0) is 36.8 Å². The minimum atomic E-state index is -4.27. The van der Waals surface area contributed by atoms with Crippen molar-refractivity contribution in [1.82, 2.24) is 0 Å². The second-order valence-corrected chi connectivity index (χ2v) is 8.18. The molecule has 12 heteroatoms. The molecule has 0 atom stereocenters. The van der Waals surface area contributed by atoms with Gasteiger partial charge >= 0.3 is 0 Å². The van der Waals surface area contributed by atoms with Crippen molar-refractivity contribution in [3.63, 3.8) is 0 Å². The summed E-state index contributed by atoms with van der Waals surface area (Å²) < 4.78 is 65.2. The van der Waals surface area contributed by atoms with Crippen LogP contribution in [0.5, 0.6) is 5.75 Å². The molecular weight excluding hydrogens is 408 g/mol. The summed E-state index contributed by atoms with van der Waals surface area (Å²) in [6.45, 7) is 1.62. The zero-order valence-electron chi connectivity index (χ0n) is 13.7. The van der Waals surface area contributed by atoms with Gasteiger partial charge < -0.3 is 16.2 Å². The van der Waals surface area contributed by atoms with Crippen molar-refractivity contribution in [2.75, 3.05) is 18.6 Å². The molecule has 0 bridgehead atoms. The van der Waals surface area contributed by atoms with Gasteiger partial charge in [0.2, 0.25) is 0 Å². The molecule has 0 amide bonds. The Morgan fingerprint density at radius 2 is 1.42 bits per heavy atom. The maximum Gasteiger partial charge on any atom is 0.296 e. The van der Waals surface area contributed by atoms with Gasteiger partial charge in [-0.25, -0.2) is 0 Å². The Morgan fingerprint density at radius 3 is 1.88 bits per heavy atom. The standard InChI is InChI=1S/C7H8ClNO3S.C7H9NO4S/c1-4-2-7(13(10,11)12)6(9)3-5(4)8;1-12-5-2-3-6(8)7(4-5)13(9,10)11/h2-3H,9H2,1H3,(H,10,11,12);2-4H,8H2,1H3,(H,9,10,11). The van der Waals surface area contributed by atoms with Crippen LogP contribution in [0.3, 0.4) is 0 Å². The van der Waals surface area contributed by atoms with Gasteiger partial charge in [0.1, 0.15) is 15.5 Å². The van der Waals surface area contributed by atoms with E-state index >= 15 is 0 Å². The number of hydrogen-bond acceptors (Lipinski definition) is 7. The van der Waals surface area contributed by atoms with Gasteiger partial charge in [0.05, 0.1) is 18.5 Å². The summed E-state index contributed by atoms with van der Waals surface area (Å²) in [7, 11) is -7.14. The Hall–Kier alpha value is -2.05. The molecule has 26 heavy (non-hydrogen) atoms. The van der Waals surface area contributed by atoms with Crippen molar-refractivity contribution in [2.45, 2.75) is 16.7 Å². The molecule has 0 aliphatic heterocycles. The molecule has 0 unspecified atom stereocenters. The largest absolute Gasteiger partial charge is 0.497 e.